The van der Waals surface area contributed by atoms with Gasteiger partial charge in [-0.1, -0.05) is 6.92 Å². The van der Waals surface area contributed by atoms with Crippen molar-refractivity contribution in [3.63, 3.8) is 0 Å². The van der Waals surface area contributed by atoms with Crippen molar-refractivity contribution in [1.82, 2.24) is 15.2 Å². The van der Waals surface area contributed by atoms with Crippen molar-refractivity contribution in [3.8, 4) is 0 Å². The van der Waals surface area contributed by atoms with Crippen LogP contribution in [0.2, 0.25) is 0 Å². The Morgan fingerprint density at radius 2 is 1.90 bits per heavy atom. The zero-order valence-electron chi connectivity index (χ0n) is 13.3. The number of hydrogen-bond acceptors (Lipinski definition) is 3. The van der Waals surface area contributed by atoms with Crippen LogP contribution in [0.3, 0.4) is 0 Å². The first-order chi connectivity index (χ1) is 9.62. The van der Waals surface area contributed by atoms with E-state index in [9.17, 15) is 13.2 Å². The van der Waals surface area contributed by atoms with Crippen LogP contribution in [-0.2, 0) is 6.18 Å². The topological polar surface area (TPSA) is 28.2 Å². The fraction of sp³-hybridized carbons (Fsp3) is 0.667. The summed E-state index contributed by atoms with van der Waals surface area (Å²) in [5, 5.41) is 3.24. The van der Waals surface area contributed by atoms with E-state index in [1.165, 1.54) is 12.4 Å². The number of likely N-dealkylation sites (N-methyl/N-ethyl adjacent to an activating group) is 1. The first-order valence-corrected chi connectivity index (χ1v) is 7.04. The average molecular weight is 303 g/mol. The Morgan fingerprint density at radius 3 is 2.38 bits per heavy atom. The van der Waals surface area contributed by atoms with E-state index in [1.54, 1.807) is 0 Å². The fourth-order valence-electron chi connectivity index (χ4n) is 2.18. The largest absolute Gasteiger partial charge is 0.416 e. The number of nitrogens with one attached hydrogen (secondary N) is 1. The van der Waals surface area contributed by atoms with E-state index in [4.69, 9.17) is 0 Å². The van der Waals surface area contributed by atoms with Crippen molar-refractivity contribution in [2.45, 2.75) is 44.9 Å². The zero-order valence-corrected chi connectivity index (χ0v) is 13.3. The number of rotatable bonds is 6. The van der Waals surface area contributed by atoms with Gasteiger partial charge in [0.05, 0.1) is 11.6 Å². The molecule has 0 aliphatic carbocycles. The summed E-state index contributed by atoms with van der Waals surface area (Å²) in [7, 11) is 3.73. The third-order valence-corrected chi connectivity index (χ3v) is 3.93. The third-order valence-electron chi connectivity index (χ3n) is 3.93. The van der Waals surface area contributed by atoms with Gasteiger partial charge in [0, 0.05) is 23.5 Å². The van der Waals surface area contributed by atoms with Crippen LogP contribution in [0.25, 0.3) is 0 Å². The van der Waals surface area contributed by atoms with Crippen LogP contribution >= 0.6 is 0 Å². The average Bonchev–Trinajstić information content (AvgIpc) is 2.38. The molecule has 120 valence electrons. The standard InChI is InChI=1S/C15H24F3N3/c1-6-8-20-13(14(2,3)21(4)5)11-10-19-9-7-12(11)15(16,17)18/h7,9-10,13,20H,6,8H2,1-5H3. The maximum atomic E-state index is 13.3. The Morgan fingerprint density at radius 1 is 1.29 bits per heavy atom. The van der Waals surface area contributed by atoms with E-state index in [0.717, 1.165) is 12.5 Å². The second-order valence-corrected chi connectivity index (χ2v) is 5.90. The van der Waals surface area contributed by atoms with Crippen LogP contribution < -0.4 is 5.32 Å². The Bertz CT molecular complexity index is 456. The molecule has 0 aliphatic rings. The van der Waals surface area contributed by atoms with E-state index in [1.807, 2.05) is 39.8 Å². The van der Waals surface area contributed by atoms with Gasteiger partial charge < -0.3 is 10.2 Å². The highest BCUT2D eigenvalue weighted by Crippen LogP contribution is 2.38. The van der Waals surface area contributed by atoms with Crippen LogP contribution in [0.5, 0.6) is 0 Å². The molecule has 0 bridgehead atoms. The highest BCUT2D eigenvalue weighted by molar-refractivity contribution is 5.31. The molecule has 0 aliphatic heterocycles. The molecule has 0 saturated heterocycles. The predicted octanol–water partition coefficient (Wildman–Crippen LogP) is 3.48. The summed E-state index contributed by atoms with van der Waals surface area (Å²) in [6.07, 6.45) is -1.03. The molecule has 0 fully saturated rings. The Hall–Kier alpha value is -1.14. The van der Waals surface area contributed by atoms with Gasteiger partial charge in [0.15, 0.2) is 0 Å². The number of aromatic nitrogens is 1. The maximum Gasteiger partial charge on any atom is 0.416 e. The van der Waals surface area contributed by atoms with Crippen LogP contribution in [0.1, 0.15) is 44.4 Å². The van der Waals surface area contributed by atoms with Gasteiger partial charge in [-0.05, 0) is 47.0 Å². The van der Waals surface area contributed by atoms with Crippen molar-refractivity contribution in [2.75, 3.05) is 20.6 Å². The summed E-state index contributed by atoms with van der Waals surface area (Å²) in [5.41, 5.74) is -0.920. The molecule has 1 aromatic rings. The molecule has 1 aromatic heterocycles. The van der Waals surface area contributed by atoms with Gasteiger partial charge in [-0.2, -0.15) is 13.2 Å². The van der Waals surface area contributed by atoms with Crippen LogP contribution in [0.4, 0.5) is 13.2 Å². The maximum absolute atomic E-state index is 13.3. The van der Waals surface area contributed by atoms with Crippen LogP contribution in [0.15, 0.2) is 18.5 Å². The molecule has 0 radical (unpaired) electrons. The van der Waals surface area contributed by atoms with Crippen molar-refractivity contribution < 1.29 is 13.2 Å². The first-order valence-electron chi connectivity index (χ1n) is 7.04. The van der Waals surface area contributed by atoms with Crippen LogP contribution in [0, 0.1) is 0 Å². The molecule has 0 aromatic carbocycles. The SMILES string of the molecule is CCCNC(c1cnccc1C(F)(F)F)C(C)(C)N(C)C. The molecule has 1 unspecified atom stereocenters. The van der Waals surface area contributed by atoms with Gasteiger partial charge in [0.1, 0.15) is 0 Å². The van der Waals surface area contributed by atoms with Crippen molar-refractivity contribution >= 4 is 0 Å². The molecule has 0 spiro atoms. The molecule has 6 heteroatoms. The molecule has 1 rings (SSSR count). The summed E-state index contributed by atoms with van der Waals surface area (Å²) in [4.78, 5) is 5.83. The summed E-state index contributed by atoms with van der Waals surface area (Å²) < 4.78 is 39.8. The normalized spacial score (nSPS) is 14.5. The Kier molecular flexibility index (Phi) is 5.75. The van der Waals surface area contributed by atoms with Gasteiger partial charge in [-0.3, -0.25) is 4.98 Å². The highest BCUT2D eigenvalue weighted by Gasteiger charge is 2.40. The third kappa shape index (κ3) is 4.17. The monoisotopic (exact) mass is 303 g/mol. The summed E-state index contributed by atoms with van der Waals surface area (Å²) in [6.45, 7) is 6.48. The second-order valence-electron chi connectivity index (χ2n) is 5.90. The minimum Gasteiger partial charge on any atom is -0.308 e. The van der Waals surface area contributed by atoms with E-state index in [2.05, 4.69) is 10.3 Å². The predicted molar refractivity (Wildman–Crippen MR) is 78.0 cm³/mol. The minimum absolute atomic E-state index is 0.192. The van der Waals surface area contributed by atoms with Gasteiger partial charge in [0.2, 0.25) is 0 Å². The molecule has 21 heavy (non-hydrogen) atoms. The summed E-state index contributed by atoms with van der Waals surface area (Å²) in [6, 6.07) is 0.583. The van der Waals surface area contributed by atoms with Crippen molar-refractivity contribution in [1.29, 1.82) is 0 Å². The molecule has 0 saturated carbocycles. The van der Waals surface area contributed by atoms with E-state index < -0.39 is 23.3 Å². The number of nitrogens with zero attached hydrogens (tertiary/aromatic N) is 2. The van der Waals surface area contributed by atoms with Gasteiger partial charge in [-0.15, -0.1) is 0 Å². The lowest BCUT2D eigenvalue weighted by atomic mass is 9.85. The molecular formula is C15H24F3N3. The molecule has 0 amide bonds. The molecular weight excluding hydrogens is 279 g/mol. The van der Waals surface area contributed by atoms with E-state index >= 15 is 0 Å². The quantitative estimate of drug-likeness (QED) is 0.872. The molecule has 1 heterocycles. The Labute approximate surface area is 124 Å². The second kappa shape index (κ2) is 6.75. The fourth-order valence-corrected chi connectivity index (χ4v) is 2.18. The Balaban J connectivity index is 3.34. The lowest BCUT2D eigenvalue weighted by Crippen LogP contribution is -2.50. The molecule has 1 atom stereocenters. The summed E-state index contributed by atoms with van der Waals surface area (Å²) >= 11 is 0. The summed E-state index contributed by atoms with van der Waals surface area (Å²) in [5.74, 6) is 0. The smallest absolute Gasteiger partial charge is 0.308 e. The number of pyridine rings is 1. The van der Waals surface area contributed by atoms with Crippen molar-refractivity contribution in [2.24, 2.45) is 0 Å². The molecule has 3 nitrogen and oxygen atoms in total. The zero-order chi connectivity index (χ0) is 16.3. The first kappa shape index (κ1) is 17.9. The minimum atomic E-state index is -4.38. The lowest BCUT2D eigenvalue weighted by molar-refractivity contribution is -0.138. The van der Waals surface area contributed by atoms with Crippen LogP contribution in [-0.4, -0.2) is 36.1 Å². The molecule has 1 N–H and O–H groups in total. The van der Waals surface area contributed by atoms with Gasteiger partial charge in [-0.25, -0.2) is 0 Å². The lowest BCUT2D eigenvalue weighted by Gasteiger charge is -2.41. The van der Waals surface area contributed by atoms with Gasteiger partial charge in [0.25, 0.3) is 0 Å². The highest BCUT2D eigenvalue weighted by atomic mass is 19.4. The number of hydrogen-bond donors (Lipinski definition) is 1. The van der Waals surface area contributed by atoms with Gasteiger partial charge >= 0.3 is 6.18 Å². The van der Waals surface area contributed by atoms with E-state index in [0.29, 0.717) is 6.54 Å². The van der Waals surface area contributed by atoms with Crippen molar-refractivity contribution in [3.05, 3.63) is 29.6 Å². The van der Waals surface area contributed by atoms with E-state index in [-0.39, 0.29) is 5.56 Å². The number of halogens is 3. The number of alkyl halides is 3.